The van der Waals surface area contributed by atoms with E-state index in [1.165, 1.54) is 19.4 Å². The number of aliphatic hydroxyl groups excluding tert-OH is 1. The molecule has 144 valence electrons. The zero-order valence-corrected chi connectivity index (χ0v) is 14.8. The fraction of sp³-hybridized carbons (Fsp3) is 0.588. The van der Waals surface area contributed by atoms with E-state index in [0.717, 1.165) is 19.8 Å². The smallest absolute Gasteiger partial charge is 0.300 e. The number of H-pyrrole nitrogens is 1. The van der Waals surface area contributed by atoms with E-state index in [0.29, 0.717) is 13.2 Å². The van der Waals surface area contributed by atoms with Crippen LogP contribution in [-0.4, -0.2) is 71.0 Å². The molecular formula is C17H24N2O7. The SMILES string of the molecule is CC(=O)O.COc1c[nH]c(C(=O)N2CCOC3C[C@H](CO)C[C@@H]32)cc1=O. The van der Waals surface area contributed by atoms with Gasteiger partial charge in [0.05, 0.1) is 25.9 Å². The standard InChI is InChI=1S/C15H20N2O5.C2H4O2/c1-21-14-7-16-10(6-12(14)19)15(20)17-2-3-22-13-5-9(8-18)4-11(13)17;1-2(3)4/h6-7,9,11,13,18H,2-5,8H2,1H3,(H,16,19);1H3,(H,3,4)/t9-,11+,13?;/m1./s1. The van der Waals surface area contributed by atoms with Crippen LogP contribution < -0.4 is 10.2 Å². The summed E-state index contributed by atoms with van der Waals surface area (Å²) in [5.41, 5.74) is -0.0760. The molecule has 2 aliphatic rings. The van der Waals surface area contributed by atoms with Gasteiger partial charge in [0.1, 0.15) is 5.69 Å². The number of nitrogens with one attached hydrogen (secondary N) is 1. The fourth-order valence-electron chi connectivity index (χ4n) is 3.35. The van der Waals surface area contributed by atoms with Gasteiger partial charge in [0, 0.05) is 32.3 Å². The molecule has 26 heavy (non-hydrogen) atoms. The quantitative estimate of drug-likeness (QED) is 0.689. The number of amides is 1. The molecule has 1 saturated heterocycles. The summed E-state index contributed by atoms with van der Waals surface area (Å²) in [4.78, 5) is 38.1. The van der Waals surface area contributed by atoms with Crippen molar-refractivity contribution in [2.24, 2.45) is 5.92 Å². The Labute approximate surface area is 150 Å². The number of nitrogens with zero attached hydrogens (tertiary/aromatic N) is 1. The lowest BCUT2D eigenvalue weighted by molar-refractivity contribution is -0.134. The summed E-state index contributed by atoms with van der Waals surface area (Å²) in [7, 11) is 1.41. The van der Waals surface area contributed by atoms with Crippen molar-refractivity contribution in [1.29, 1.82) is 0 Å². The summed E-state index contributed by atoms with van der Waals surface area (Å²) in [5, 5.41) is 16.7. The van der Waals surface area contributed by atoms with Gasteiger partial charge < -0.3 is 29.6 Å². The third-order valence-electron chi connectivity index (χ3n) is 4.48. The van der Waals surface area contributed by atoms with Crippen molar-refractivity contribution >= 4 is 11.9 Å². The number of hydrogen-bond acceptors (Lipinski definition) is 6. The highest BCUT2D eigenvalue weighted by atomic mass is 16.5. The molecule has 1 aromatic rings. The topological polar surface area (TPSA) is 129 Å². The molecule has 9 nitrogen and oxygen atoms in total. The van der Waals surface area contributed by atoms with E-state index in [1.54, 1.807) is 4.90 Å². The van der Waals surface area contributed by atoms with Gasteiger partial charge in [-0.1, -0.05) is 0 Å². The van der Waals surface area contributed by atoms with Gasteiger partial charge in [-0.2, -0.15) is 0 Å². The Balaban J connectivity index is 0.000000552. The third kappa shape index (κ3) is 4.61. The summed E-state index contributed by atoms with van der Waals surface area (Å²) in [6.07, 6.45) is 2.87. The molecule has 3 atom stereocenters. The number of carboxylic acid groups (broad SMARTS) is 1. The molecule has 1 aliphatic heterocycles. The summed E-state index contributed by atoms with van der Waals surface area (Å²) in [6.45, 7) is 2.16. The molecule has 0 radical (unpaired) electrons. The molecule has 1 aliphatic carbocycles. The van der Waals surface area contributed by atoms with Crippen LogP contribution in [0, 0.1) is 5.92 Å². The number of carbonyl (C=O) groups is 2. The molecule has 3 rings (SSSR count). The molecule has 3 N–H and O–H groups in total. The first-order valence-corrected chi connectivity index (χ1v) is 8.37. The number of methoxy groups -OCH3 is 1. The van der Waals surface area contributed by atoms with Crippen molar-refractivity contribution in [3.63, 3.8) is 0 Å². The van der Waals surface area contributed by atoms with Gasteiger partial charge >= 0.3 is 0 Å². The minimum atomic E-state index is -0.833. The average molecular weight is 368 g/mol. The van der Waals surface area contributed by atoms with Crippen molar-refractivity contribution in [3.05, 3.63) is 28.2 Å². The van der Waals surface area contributed by atoms with Gasteiger partial charge in [-0.3, -0.25) is 14.4 Å². The van der Waals surface area contributed by atoms with Crippen LogP contribution in [0.3, 0.4) is 0 Å². The first kappa shape index (κ1) is 19.9. The van der Waals surface area contributed by atoms with E-state index in [-0.39, 0.29) is 47.5 Å². The number of morpholine rings is 1. The van der Waals surface area contributed by atoms with Crippen molar-refractivity contribution in [1.82, 2.24) is 9.88 Å². The van der Waals surface area contributed by atoms with E-state index in [9.17, 15) is 14.7 Å². The molecule has 9 heteroatoms. The van der Waals surface area contributed by atoms with Crippen molar-refractivity contribution < 1.29 is 29.3 Å². The lowest BCUT2D eigenvalue weighted by Crippen LogP contribution is -2.51. The van der Waals surface area contributed by atoms with Crippen LogP contribution in [0.15, 0.2) is 17.1 Å². The van der Waals surface area contributed by atoms with Gasteiger partial charge in [0.15, 0.2) is 5.75 Å². The molecular weight excluding hydrogens is 344 g/mol. The molecule has 0 bridgehead atoms. The van der Waals surface area contributed by atoms with Crippen LogP contribution in [0.25, 0.3) is 0 Å². The van der Waals surface area contributed by atoms with Gasteiger partial charge in [-0.15, -0.1) is 0 Å². The van der Waals surface area contributed by atoms with Crippen LogP contribution in [0.2, 0.25) is 0 Å². The maximum Gasteiger partial charge on any atom is 0.300 e. The van der Waals surface area contributed by atoms with Crippen LogP contribution in [0.5, 0.6) is 5.75 Å². The highest BCUT2D eigenvalue weighted by molar-refractivity contribution is 5.92. The van der Waals surface area contributed by atoms with Gasteiger partial charge in [-0.25, -0.2) is 0 Å². The predicted octanol–water partition coefficient (Wildman–Crippen LogP) is 0.0863. The van der Waals surface area contributed by atoms with Crippen LogP contribution in [-0.2, 0) is 9.53 Å². The first-order chi connectivity index (χ1) is 12.4. The van der Waals surface area contributed by atoms with Crippen molar-refractivity contribution in [2.45, 2.75) is 31.9 Å². The number of rotatable bonds is 3. The second kappa shape index (κ2) is 8.81. The van der Waals surface area contributed by atoms with Crippen molar-refractivity contribution in [2.75, 3.05) is 26.9 Å². The second-order valence-corrected chi connectivity index (χ2v) is 6.29. The molecule has 1 aromatic heterocycles. The number of carboxylic acids is 1. The Morgan fingerprint density at radius 3 is 2.69 bits per heavy atom. The van der Waals surface area contributed by atoms with E-state index in [1.807, 2.05) is 0 Å². The van der Waals surface area contributed by atoms with E-state index >= 15 is 0 Å². The van der Waals surface area contributed by atoms with Crippen LogP contribution >= 0.6 is 0 Å². The van der Waals surface area contributed by atoms with E-state index in [2.05, 4.69) is 4.98 Å². The predicted molar refractivity (Wildman–Crippen MR) is 91.3 cm³/mol. The highest BCUT2D eigenvalue weighted by Crippen LogP contribution is 2.34. The number of aliphatic hydroxyl groups is 1. The van der Waals surface area contributed by atoms with Crippen LogP contribution in [0.1, 0.15) is 30.3 Å². The van der Waals surface area contributed by atoms with E-state index in [4.69, 9.17) is 19.4 Å². The summed E-state index contributed by atoms with van der Waals surface area (Å²) in [5.74, 6) is -0.701. The lowest BCUT2D eigenvalue weighted by atomic mass is 10.1. The minimum Gasteiger partial charge on any atom is -0.491 e. The monoisotopic (exact) mass is 368 g/mol. The maximum atomic E-state index is 12.7. The lowest BCUT2D eigenvalue weighted by Gasteiger charge is -2.37. The Hall–Kier alpha value is -2.39. The normalized spacial score (nSPS) is 24.3. The van der Waals surface area contributed by atoms with E-state index < -0.39 is 5.97 Å². The number of pyridine rings is 1. The third-order valence-corrected chi connectivity index (χ3v) is 4.48. The highest BCUT2D eigenvalue weighted by Gasteiger charge is 2.42. The minimum absolute atomic E-state index is 0.0279. The number of carbonyl (C=O) groups excluding carboxylic acids is 1. The van der Waals surface area contributed by atoms with Gasteiger partial charge in [-0.05, 0) is 18.8 Å². The maximum absolute atomic E-state index is 12.7. The zero-order valence-electron chi connectivity index (χ0n) is 14.8. The fourth-order valence-corrected chi connectivity index (χ4v) is 3.35. The molecule has 2 heterocycles. The second-order valence-electron chi connectivity index (χ2n) is 6.29. The Morgan fingerprint density at radius 2 is 2.12 bits per heavy atom. The summed E-state index contributed by atoms with van der Waals surface area (Å²) >= 11 is 0. The molecule has 1 saturated carbocycles. The molecule has 2 fully saturated rings. The number of hydrogen-bond donors (Lipinski definition) is 3. The molecule has 0 aromatic carbocycles. The summed E-state index contributed by atoms with van der Waals surface area (Å²) < 4.78 is 10.6. The van der Waals surface area contributed by atoms with Gasteiger partial charge in [0.2, 0.25) is 5.43 Å². The van der Waals surface area contributed by atoms with Crippen LogP contribution in [0.4, 0.5) is 0 Å². The number of aliphatic carboxylic acids is 1. The average Bonchev–Trinajstić information content (AvgIpc) is 3.03. The van der Waals surface area contributed by atoms with Gasteiger partial charge in [0.25, 0.3) is 11.9 Å². The van der Waals surface area contributed by atoms with Crippen molar-refractivity contribution in [3.8, 4) is 5.75 Å². The Bertz CT molecular complexity index is 699. The first-order valence-electron chi connectivity index (χ1n) is 8.37. The molecule has 1 unspecified atom stereocenters. The largest absolute Gasteiger partial charge is 0.491 e. The summed E-state index contributed by atoms with van der Waals surface area (Å²) in [6, 6.07) is 1.23. The number of fused-ring (bicyclic) bond motifs is 1. The Kier molecular flexibility index (Phi) is 6.76. The molecule has 0 spiro atoms. The zero-order chi connectivity index (χ0) is 19.3. The number of aromatic amines is 1. The molecule has 1 amide bonds. The number of aromatic nitrogens is 1. The number of ether oxygens (including phenoxy) is 2. The Morgan fingerprint density at radius 1 is 1.42 bits per heavy atom.